The van der Waals surface area contributed by atoms with Gasteiger partial charge in [-0.15, -0.1) is 0 Å². The van der Waals surface area contributed by atoms with Gasteiger partial charge >= 0.3 is 0 Å². The van der Waals surface area contributed by atoms with Gasteiger partial charge in [-0.05, 0) is 31.0 Å². The summed E-state index contributed by atoms with van der Waals surface area (Å²) in [4.78, 5) is 11.6. The van der Waals surface area contributed by atoms with Crippen molar-refractivity contribution in [2.75, 3.05) is 12.3 Å². The van der Waals surface area contributed by atoms with Crippen molar-refractivity contribution in [3.8, 4) is 0 Å². The lowest BCUT2D eigenvalue weighted by Crippen LogP contribution is -2.27. The highest BCUT2D eigenvalue weighted by atomic mass is 19.1. The molecule has 0 saturated heterocycles. The molecule has 0 spiro atoms. The number of carbonyl (C=O) groups is 1. The van der Waals surface area contributed by atoms with E-state index in [1.165, 1.54) is 12.1 Å². The number of rotatable bonds is 5. The molecule has 4 nitrogen and oxygen atoms in total. The number of nitrogen functional groups attached to an aromatic ring is 1. The summed E-state index contributed by atoms with van der Waals surface area (Å²) in [5.41, 5.74) is 5.74. The maximum atomic E-state index is 13.3. The first-order valence-corrected chi connectivity index (χ1v) is 5.56. The Hall–Kier alpha value is -1.62. The molecule has 0 aliphatic heterocycles. The van der Waals surface area contributed by atoms with Gasteiger partial charge in [0.15, 0.2) is 0 Å². The van der Waals surface area contributed by atoms with Gasteiger partial charge in [0.05, 0.1) is 11.7 Å². The summed E-state index contributed by atoms with van der Waals surface area (Å²) in [7, 11) is 0. The van der Waals surface area contributed by atoms with E-state index in [9.17, 15) is 14.3 Å². The van der Waals surface area contributed by atoms with Crippen molar-refractivity contribution < 1.29 is 14.3 Å². The van der Waals surface area contributed by atoms with Crippen molar-refractivity contribution in [3.05, 3.63) is 29.6 Å². The van der Waals surface area contributed by atoms with Crippen molar-refractivity contribution in [1.29, 1.82) is 0 Å². The molecule has 1 aromatic rings. The van der Waals surface area contributed by atoms with Gasteiger partial charge in [-0.3, -0.25) is 4.79 Å². The summed E-state index contributed by atoms with van der Waals surface area (Å²) < 4.78 is 13.3. The molecule has 4 N–H and O–H groups in total. The second kappa shape index (κ2) is 6.20. The van der Waals surface area contributed by atoms with Gasteiger partial charge in [-0.2, -0.15) is 0 Å². The van der Waals surface area contributed by atoms with Crippen molar-refractivity contribution in [3.63, 3.8) is 0 Å². The fourth-order valence-electron chi connectivity index (χ4n) is 1.37. The lowest BCUT2D eigenvalue weighted by atomic mass is 10.1. The number of aliphatic hydroxyl groups excluding tert-OH is 1. The third-order valence-electron chi connectivity index (χ3n) is 2.47. The standard InChI is InChI=1S/C12H17FN2O2/c1-2-9(16)5-6-15-12(17)10-7-8(14)3-4-11(10)13/h3-4,7,9,16H,2,5-6,14H2,1H3,(H,15,17). The molecule has 0 bridgehead atoms. The van der Waals surface area contributed by atoms with E-state index < -0.39 is 17.8 Å². The predicted molar refractivity (Wildman–Crippen MR) is 64.1 cm³/mol. The fourth-order valence-corrected chi connectivity index (χ4v) is 1.37. The van der Waals surface area contributed by atoms with Crippen LogP contribution in [0.3, 0.4) is 0 Å². The van der Waals surface area contributed by atoms with Gasteiger partial charge < -0.3 is 16.2 Å². The van der Waals surface area contributed by atoms with Crippen LogP contribution in [0, 0.1) is 5.82 Å². The topological polar surface area (TPSA) is 75.3 Å². The molecule has 1 rings (SSSR count). The molecule has 0 heterocycles. The van der Waals surface area contributed by atoms with Crippen LogP contribution in [-0.2, 0) is 0 Å². The number of nitrogens with two attached hydrogens (primary N) is 1. The number of nitrogens with one attached hydrogen (secondary N) is 1. The van der Waals surface area contributed by atoms with Crippen LogP contribution in [0.15, 0.2) is 18.2 Å². The molecule has 17 heavy (non-hydrogen) atoms. The van der Waals surface area contributed by atoms with Crippen LogP contribution in [0.4, 0.5) is 10.1 Å². The van der Waals surface area contributed by atoms with Crippen LogP contribution in [0.1, 0.15) is 30.1 Å². The average Bonchev–Trinajstić information content (AvgIpc) is 2.31. The molecule has 1 unspecified atom stereocenters. The number of anilines is 1. The zero-order chi connectivity index (χ0) is 12.8. The highest BCUT2D eigenvalue weighted by molar-refractivity contribution is 5.95. The zero-order valence-corrected chi connectivity index (χ0v) is 9.74. The fraction of sp³-hybridized carbons (Fsp3) is 0.417. The van der Waals surface area contributed by atoms with Crippen LogP contribution in [0.5, 0.6) is 0 Å². The minimum absolute atomic E-state index is 0.0732. The largest absolute Gasteiger partial charge is 0.399 e. The van der Waals surface area contributed by atoms with Gasteiger partial charge in [-0.25, -0.2) is 4.39 Å². The SMILES string of the molecule is CCC(O)CCNC(=O)c1cc(N)ccc1F. The van der Waals surface area contributed by atoms with Gasteiger partial charge in [0, 0.05) is 12.2 Å². The minimum atomic E-state index is -0.604. The minimum Gasteiger partial charge on any atom is -0.399 e. The first-order valence-electron chi connectivity index (χ1n) is 5.56. The summed E-state index contributed by atoms with van der Waals surface area (Å²) in [6.07, 6.45) is 0.635. The van der Waals surface area contributed by atoms with E-state index in [1.54, 1.807) is 0 Å². The Kier molecular flexibility index (Phi) is 4.90. The highest BCUT2D eigenvalue weighted by Gasteiger charge is 2.11. The monoisotopic (exact) mass is 240 g/mol. The molecule has 0 aliphatic rings. The first kappa shape index (κ1) is 13.4. The number of benzene rings is 1. The van der Waals surface area contributed by atoms with E-state index in [-0.39, 0.29) is 5.56 Å². The Morgan fingerprint density at radius 1 is 1.59 bits per heavy atom. The second-order valence-corrected chi connectivity index (χ2v) is 3.85. The Labute approximate surface area is 99.6 Å². The predicted octanol–water partition coefficient (Wildman–Crippen LogP) is 1.30. The molecule has 0 saturated carbocycles. The van der Waals surface area contributed by atoms with Crippen LogP contribution in [-0.4, -0.2) is 23.7 Å². The highest BCUT2D eigenvalue weighted by Crippen LogP contribution is 2.11. The average molecular weight is 240 g/mol. The molecular weight excluding hydrogens is 223 g/mol. The van der Waals surface area contributed by atoms with E-state index >= 15 is 0 Å². The van der Waals surface area contributed by atoms with Gasteiger partial charge in [0.2, 0.25) is 0 Å². The summed E-state index contributed by atoms with van der Waals surface area (Å²) in [5, 5.41) is 11.8. The van der Waals surface area contributed by atoms with E-state index in [1.807, 2.05) is 6.92 Å². The third-order valence-corrected chi connectivity index (χ3v) is 2.47. The summed E-state index contributed by atoms with van der Waals surface area (Å²) in [5.74, 6) is -1.12. The molecule has 1 atom stereocenters. The zero-order valence-electron chi connectivity index (χ0n) is 9.74. The molecule has 1 aromatic carbocycles. The Morgan fingerprint density at radius 2 is 2.29 bits per heavy atom. The molecule has 0 fully saturated rings. The number of halogens is 1. The molecule has 0 radical (unpaired) electrons. The van der Waals surface area contributed by atoms with Gasteiger partial charge in [-0.1, -0.05) is 6.92 Å². The molecule has 5 heteroatoms. The van der Waals surface area contributed by atoms with E-state index in [0.29, 0.717) is 25.1 Å². The molecule has 0 aliphatic carbocycles. The van der Waals surface area contributed by atoms with Crippen LogP contribution < -0.4 is 11.1 Å². The number of hydrogen-bond acceptors (Lipinski definition) is 3. The van der Waals surface area contributed by atoms with Crippen molar-refractivity contribution in [2.24, 2.45) is 0 Å². The summed E-state index contributed by atoms with van der Waals surface area (Å²) in [6.45, 7) is 2.16. The molecule has 0 aromatic heterocycles. The van der Waals surface area contributed by atoms with Gasteiger partial charge in [0.1, 0.15) is 5.82 Å². The maximum Gasteiger partial charge on any atom is 0.254 e. The van der Waals surface area contributed by atoms with Crippen LogP contribution in [0.2, 0.25) is 0 Å². The van der Waals surface area contributed by atoms with E-state index in [4.69, 9.17) is 5.73 Å². The normalized spacial score (nSPS) is 12.2. The lowest BCUT2D eigenvalue weighted by Gasteiger charge is -2.09. The first-order chi connectivity index (χ1) is 8.04. The Morgan fingerprint density at radius 3 is 2.94 bits per heavy atom. The van der Waals surface area contributed by atoms with Gasteiger partial charge in [0.25, 0.3) is 5.91 Å². The number of carbonyl (C=O) groups excluding carboxylic acids is 1. The van der Waals surface area contributed by atoms with Crippen molar-refractivity contribution in [1.82, 2.24) is 5.32 Å². The summed E-state index contributed by atoms with van der Waals surface area (Å²) >= 11 is 0. The Bertz CT molecular complexity index is 396. The number of hydrogen-bond donors (Lipinski definition) is 3. The lowest BCUT2D eigenvalue weighted by molar-refractivity contribution is 0.0938. The van der Waals surface area contributed by atoms with E-state index in [0.717, 1.165) is 6.07 Å². The van der Waals surface area contributed by atoms with Crippen molar-refractivity contribution in [2.45, 2.75) is 25.9 Å². The number of amides is 1. The molecule has 94 valence electrons. The van der Waals surface area contributed by atoms with Crippen molar-refractivity contribution >= 4 is 11.6 Å². The second-order valence-electron chi connectivity index (χ2n) is 3.85. The number of aliphatic hydroxyl groups is 1. The third kappa shape index (κ3) is 4.03. The summed E-state index contributed by atoms with van der Waals surface area (Å²) in [6, 6.07) is 3.85. The quantitative estimate of drug-likeness (QED) is 0.679. The van der Waals surface area contributed by atoms with Crippen LogP contribution >= 0.6 is 0 Å². The smallest absolute Gasteiger partial charge is 0.254 e. The van der Waals surface area contributed by atoms with Crippen LogP contribution in [0.25, 0.3) is 0 Å². The molecule has 1 amide bonds. The molecular formula is C12H17FN2O2. The maximum absolute atomic E-state index is 13.3. The van der Waals surface area contributed by atoms with E-state index in [2.05, 4.69) is 5.32 Å². The Balaban J connectivity index is 2.55.